The molecule has 3 rings (SSSR count). The molecule has 27 heavy (non-hydrogen) atoms. The third kappa shape index (κ3) is 5.08. The van der Waals surface area contributed by atoms with Gasteiger partial charge in [-0.2, -0.15) is 4.98 Å². The molecule has 0 spiro atoms. The van der Waals surface area contributed by atoms with Gasteiger partial charge in [0.25, 0.3) is 0 Å². The molecular formula is C21H19ClN2O2S. The van der Waals surface area contributed by atoms with Crippen molar-refractivity contribution in [2.24, 2.45) is 0 Å². The van der Waals surface area contributed by atoms with Gasteiger partial charge < -0.3 is 4.74 Å². The fourth-order valence-electron chi connectivity index (χ4n) is 2.55. The number of nitrogens with zero attached hydrogens (tertiary/aromatic N) is 2. The van der Waals surface area contributed by atoms with Crippen molar-refractivity contribution in [3.05, 3.63) is 75.9 Å². The Morgan fingerprint density at radius 3 is 2.37 bits per heavy atom. The van der Waals surface area contributed by atoms with E-state index in [4.69, 9.17) is 16.3 Å². The zero-order valence-corrected chi connectivity index (χ0v) is 16.9. The van der Waals surface area contributed by atoms with E-state index in [1.807, 2.05) is 51.1 Å². The van der Waals surface area contributed by atoms with E-state index in [2.05, 4.69) is 9.97 Å². The Kier molecular flexibility index (Phi) is 6.14. The Morgan fingerprint density at radius 1 is 1.04 bits per heavy atom. The van der Waals surface area contributed by atoms with Crippen molar-refractivity contribution in [2.75, 3.05) is 5.75 Å². The van der Waals surface area contributed by atoms with Crippen LogP contribution in [0.4, 0.5) is 0 Å². The van der Waals surface area contributed by atoms with Gasteiger partial charge in [-0.1, -0.05) is 53.7 Å². The first-order valence-electron chi connectivity index (χ1n) is 8.43. The van der Waals surface area contributed by atoms with E-state index in [0.717, 1.165) is 21.8 Å². The topological polar surface area (TPSA) is 52.1 Å². The van der Waals surface area contributed by atoms with Crippen molar-refractivity contribution in [2.45, 2.75) is 25.9 Å². The maximum absolute atomic E-state index is 12.3. The maximum atomic E-state index is 12.3. The summed E-state index contributed by atoms with van der Waals surface area (Å²) in [5.41, 5.74) is 3.35. The van der Waals surface area contributed by atoms with Crippen LogP contribution in [0.1, 0.15) is 27.2 Å². The molecule has 138 valence electrons. The number of hydrogen-bond acceptors (Lipinski definition) is 5. The highest BCUT2D eigenvalue weighted by atomic mass is 35.5. The van der Waals surface area contributed by atoms with Gasteiger partial charge in [0.05, 0.1) is 5.75 Å². The molecule has 0 atom stereocenters. The molecule has 0 N–H and O–H groups in total. The van der Waals surface area contributed by atoms with E-state index in [1.165, 1.54) is 11.8 Å². The molecule has 1 heterocycles. The van der Waals surface area contributed by atoms with Crippen molar-refractivity contribution in [1.29, 1.82) is 0 Å². The molecule has 0 aliphatic rings. The number of benzene rings is 2. The van der Waals surface area contributed by atoms with Gasteiger partial charge in [0.1, 0.15) is 5.75 Å². The minimum absolute atomic E-state index is 0.0390. The predicted molar refractivity (Wildman–Crippen MR) is 109 cm³/mol. The number of hydrogen-bond donors (Lipinski definition) is 0. The molecule has 0 amide bonds. The van der Waals surface area contributed by atoms with Crippen LogP contribution in [0.5, 0.6) is 11.6 Å². The first-order chi connectivity index (χ1) is 12.9. The minimum atomic E-state index is 0.0390. The molecule has 0 bridgehead atoms. The Bertz CT molecular complexity index is 954. The lowest BCUT2D eigenvalue weighted by Crippen LogP contribution is -2.03. The summed E-state index contributed by atoms with van der Waals surface area (Å²) < 4.78 is 5.90. The molecule has 0 aliphatic heterocycles. The van der Waals surface area contributed by atoms with Gasteiger partial charge in [-0.3, -0.25) is 4.79 Å². The van der Waals surface area contributed by atoms with Crippen molar-refractivity contribution in [3.63, 3.8) is 0 Å². The summed E-state index contributed by atoms with van der Waals surface area (Å²) in [5.74, 6) is 1.42. The van der Waals surface area contributed by atoms with E-state index in [-0.39, 0.29) is 11.5 Å². The summed E-state index contributed by atoms with van der Waals surface area (Å²) in [6.45, 7) is 5.74. The third-order valence-corrected chi connectivity index (χ3v) is 5.31. The lowest BCUT2D eigenvalue weighted by atomic mass is 10.1. The Balaban J connectivity index is 1.73. The lowest BCUT2D eigenvalue weighted by Gasteiger charge is -2.10. The average Bonchev–Trinajstić information content (AvgIpc) is 2.64. The zero-order valence-electron chi connectivity index (χ0n) is 15.3. The fourth-order valence-corrected chi connectivity index (χ4v) is 3.45. The number of carbonyl (C=O) groups is 1. The number of aromatic nitrogens is 2. The highest BCUT2D eigenvalue weighted by Crippen LogP contribution is 2.29. The second-order valence-electron chi connectivity index (χ2n) is 6.18. The maximum Gasteiger partial charge on any atom is 0.223 e. The second kappa shape index (κ2) is 8.55. The first-order valence-corrected chi connectivity index (χ1v) is 9.80. The van der Waals surface area contributed by atoms with Crippen LogP contribution in [0.2, 0.25) is 5.02 Å². The van der Waals surface area contributed by atoms with E-state index in [0.29, 0.717) is 22.3 Å². The molecule has 0 radical (unpaired) electrons. The molecule has 1 aromatic heterocycles. The molecule has 0 unspecified atom stereocenters. The van der Waals surface area contributed by atoms with E-state index >= 15 is 0 Å². The first kappa shape index (κ1) is 19.4. The zero-order chi connectivity index (χ0) is 19.4. The van der Waals surface area contributed by atoms with Gasteiger partial charge >= 0.3 is 0 Å². The van der Waals surface area contributed by atoms with Crippen molar-refractivity contribution >= 4 is 29.1 Å². The summed E-state index contributed by atoms with van der Waals surface area (Å²) >= 11 is 7.51. The summed E-state index contributed by atoms with van der Waals surface area (Å²) in [4.78, 5) is 21.1. The van der Waals surface area contributed by atoms with Crippen LogP contribution in [-0.2, 0) is 0 Å². The number of ketones is 1. The number of Topliss-reactive ketones (excluding diaryl/α,β-unsaturated/α-hetero) is 1. The van der Waals surface area contributed by atoms with E-state index in [1.54, 1.807) is 18.2 Å². The summed E-state index contributed by atoms with van der Waals surface area (Å²) in [6, 6.07) is 14.7. The number of rotatable bonds is 6. The molecule has 3 aromatic rings. The van der Waals surface area contributed by atoms with Gasteiger partial charge in [-0.05, 0) is 44.0 Å². The van der Waals surface area contributed by atoms with E-state index < -0.39 is 0 Å². The summed E-state index contributed by atoms with van der Waals surface area (Å²) in [7, 11) is 0. The standard InChI is InChI=1S/C21H19ClN2O2S/c1-13-9-17(10-14(2)20(13)22)26-19-11-15(3)23-21(24-19)27-12-18(25)16-7-5-4-6-8-16/h4-11H,12H2,1-3H3. The van der Waals surface area contributed by atoms with Crippen LogP contribution < -0.4 is 4.74 Å². The average molecular weight is 399 g/mol. The van der Waals surface area contributed by atoms with Gasteiger partial charge in [0, 0.05) is 22.3 Å². The quantitative estimate of drug-likeness (QED) is 0.297. The summed E-state index contributed by atoms with van der Waals surface area (Å²) in [6.07, 6.45) is 0. The minimum Gasteiger partial charge on any atom is -0.439 e. The van der Waals surface area contributed by atoms with Crippen molar-refractivity contribution in [1.82, 2.24) is 9.97 Å². The Labute approximate surface area is 168 Å². The van der Waals surface area contributed by atoms with Gasteiger partial charge in [0.15, 0.2) is 10.9 Å². The van der Waals surface area contributed by atoms with Crippen LogP contribution >= 0.6 is 23.4 Å². The van der Waals surface area contributed by atoms with Crippen LogP contribution in [0, 0.1) is 20.8 Å². The van der Waals surface area contributed by atoms with Crippen LogP contribution in [0.15, 0.2) is 53.7 Å². The SMILES string of the molecule is Cc1cc(Oc2cc(C)c(Cl)c(C)c2)nc(SCC(=O)c2ccccc2)n1. The van der Waals surface area contributed by atoms with Crippen molar-refractivity contribution in [3.8, 4) is 11.6 Å². The number of thioether (sulfide) groups is 1. The monoisotopic (exact) mass is 398 g/mol. The number of aryl methyl sites for hydroxylation is 3. The fraction of sp³-hybridized carbons (Fsp3) is 0.190. The Hall–Kier alpha value is -2.37. The predicted octanol–water partition coefficient (Wildman–Crippen LogP) is 5.82. The lowest BCUT2D eigenvalue weighted by molar-refractivity contribution is 0.102. The van der Waals surface area contributed by atoms with Gasteiger partial charge in [-0.15, -0.1) is 0 Å². The molecule has 0 aliphatic carbocycles. The molecule has 6 heteroatoms. The molecule has 2 aromatic carbocycles. The van der Waals surface area contributed by atoms with E-state index in [9.17, 15) is 4.79 Å². The van der Waals surface area contributed by atoms with Gasteiger partial charge in [0.2, 0.25) is 5.88 Å². The molecule has 4 nitrogen and oxygen atoms in total. The normalized spacial score (nSPS) is 10.7. The molecular weight excluding hydrogens is 380 g/mol. The highest BCUT2D eigenvalue weighted by molar-refractivity contribution is 7.99. The smallest absolute Gasteiger partial charge is 0.223 e. The van der Waals surface area contributed by atoms with Crippen molar-refractivity contribution < 1.29 is 9.53 Å². The molecule has 0 fully saturated rings. The van der Waals surface area contributed by atoms with Gasteiger partial charge in [-0.25, -0.2) is 4.98 Å². The molecule has 0 saturated heterocycles. The second-order valence-corrected chi connectivity index (χ2v) is 7.50. The van der Waals surface area contributed by atoms with Crippen LogP contribution in [-0.4, -0.2) is 21.5 Å². The molecule has 0 saturated carbocycles. The number of ether oxygens (including phenoxy) is 1. The largest absolute Gasteiger partial charge is 0.439 e. The highest BCUT2D eigenvalue weighted by Gasteiger charge is 2.11. The van der Waals surface area contributed by atoms with Crippen LogP contribution in [0.25, 0.3) is 0 Å². The number of carbonyl (C=O) groups excluding carboxylic acids is 1. The Morgan fingerprint density at radius 2 is 1.70 bits per heavy atom. The van der Waals surface area contributed by atoms with Crippen LogP contribution in [0.3, 0.4) is 0 Å². The summed E-state index contributed by atoms with van der Waals surface area (Å²) in [5, 5.41) is 1.24. The number of halogens is 1. The third-order valence-electron chi connectivity index (χ3n) is 3.87.